The molecule has 1 aromatic rings. The van der Waals surface area contributed by atoms with E-state index in [4.69, 9.17) is 0 Å². The molecule has 0 aromatic heterocycles. The van der Waals surface area contributed by atoms with Crippen molar-refractivity contribution in [2.45, 2.75) is 51.5 Å². The first-order chi connectivity index (χ1) is 11.5. The monoisotopic (exact) mass is 334 g/mol. The van der Waals surface area contributed by atoms with Crippen LogP contribution in [-0.4, -0.2) is 29.4 Å². The molecule has 0 bridgehead atoms. The van der Waals surface area contributed by atoms with Crippen LogP contribution < -0.4 is 10.6 Å². The first-order valence-electron chi connectivity index (χ1n) is 8.33. The van der Waals surface area contributed by atoms with Crippen LogP contribution in [0.3, 0.4) is 0 Å². The minimum absolute atomic E-state index is 0.0901. The molecule has 132 valence electrons. The Kier molecular flexibility index (Phi) is 7.95. The van der Waals surface area contributed by atoms with Crippen LogP contribution in [0.1, 0.15) is 51.5 Å². The zero-order valence-electron chi connectivity index (χ0n) is 14.3. The van der Waals surface area contributed by atoms with Gasteiger partial charge in [-0.2, -0.15) is 0 Å². The molecule has 1 unspecified atom stereocenters. The zero-order chi connectivity index (χ0) is 18.0. The van der Waals surface area contributed by atoms with Gasteiger partial charge in [-0.3, -0.25) is 9.59 Å². The molecule has 1 rings (SSSR count). The summed E-state index contributed by atoms with van der Waals surface area (Å²) in [6.07, 6.45) is 1.85. The smallest absolute Gasteiger partial charge is 0.334 e. The van der Waals surface area contributed by atoms with E-state index in [1.54, 1.807) is 37.3 Å². The normalized spacial score (nSPS) is 12.9. The van der Waals surface area contributed by atoms with Gasteiger partial charge in [-0.25, -0.2) is 4.79 Å². The summed E-state index contributed by atoms with van der Waals surface area (Å²) in [7, 11) is 0. The number of carboxylic acid groups (broad SMARTS) is 1. The summed E-state index contributed by atoms with van der Waals surface area (Å²) in [5.41, 5.74) is -0.906. The van der Waals surface area contributed by atoms with Crippen molar-refractivity contribution >= 4 is 17.8 Å². The summed E-state index contributed by atoms with van der Waals surface area (Å²) in [6.45, 7) is 4.31. The molecule has 0 aliphatic heterocycles. The van der Waals surface area contributed by atoms with Crippen molar-refractivity contribution < 1.29 is 19.5 Å². The molecular weight excluding hydrogens is 308 g/mol. The molecule has 2 amide bonds. The van der Waals surface area contributed by atoms with Crippen LogP contribution in [0.4, 0.5) is 0 Å². The Morgan fingerprint density at radius 1 is 1.04 bits per heavy atom. The molecule has 0 aliphatic carbocycles. The molecule has 6 heteroatoms. The van der Waals surface area contributed by atoms with Crippen molar-refractivity contribution in [3.05, 3.63) is 35.9 Å². The number of amides is 2. The first-order valence-corrected chi connectivity index (χ1v) is 8.33. The maximum absolute atomic E-state index is 12.2. The average Bonchev–Trinajstić information content (AvgIpc) is 2.58. The number of carboxylic acids is 1. The van der Waals surface area contributed by atoms with Gasteiger partial charge in [-0.1, -0.05) is 44.2 Å². The number of aliphatic carboxylic acids is 1. The average molecular weight is 334 g/mol. The molecule has 0 saturated heterocycles. The number of carbonyl (C=O) groups is 3. The largest absolute Gasteiger partial charge is 0.479 e. The fraction of sp³-hybridized carbons (Fsp3) is 0.500. The molecule has 0 fully saturated rings. The van der Waals surface area contributed by atoms with E-state index in [-0.39, 0.29) is 31.1 Å². The first kappa shape index (κ1) is 19.7. The minimum Gasteiger partial charge on any atom is -0.479 e. The van der Waals surface area contributed by atoms with Crippen LogP contribution in [-0.2, 0) is 19.9 Å². The molecule has 1 atom stereocenters. The Morgan fingerprint density at radius 2 is 1.67 bits per heavy atom. The summed E-state index contributed by atoms with van der Waals surface area (Å²) in [4.78, 5) is 35.5. The highest BCUT2D eigenvalue weighted by Crippen LogP contribution is 2.25. The van der Waals surface area contributed by atoms with Gasteiger partial charge in [0.1, 0.15) is 0 Å². The van der Waals surface area contributed by atoms with Crippen LogP contribution in [0, 0.1) is 0 Å². The Labute approximate surface area is 142 Å². The Hall–Kier alpha value is -2.37. The van der Waals surface area contributed by atoms with Crippen LogP contribution >= 0.6 is 0 Å². The molecule has 0 radical (unpaired) electrons. The van der Waals surface area contributed by atoms with Gasteiger partial charge >= 0.3 is 5.97 Å². The molecule has 0 saturated carbocycles. The minimum atomic E-state index is -1.44. The van der Waals surface area contributed by atoms with Crippen molar-refractivity contribution in [2.24, 2.45) is 0 Å². The number of hydrogen-bond donors (Lipinski definition) is 3. The van der Waals surface area contributed by atoms with E-state index in [0.29, 0.717) is 18.5 Å². The summed E-state index contributed by atoms with van der Waals surface area (Å²) in [6, 6.07) is 8.66. The summed E-state index contributed by atoms with van der Waals surface area (Å²) < 4.78 is 0. The third-order valence-electron chi connectivity index (χ3n) is 3.89. The van der Waals surface area contributed by atoms with Crippen molar-refractivity contribution in [1.82, 2.24) is 10.6 Å². The highest BCUT2D eigenvalue weighted by Gasteiger charge is 2.39. The van der Waals surface area contributed by atoms with Crippen molar-refractivity contribution in [3.63, 3.8) is 0 Å². The van der Waals surface area contributed by atoms with E-state index in [9.17, 15) is 19.5 Å². The fourth-order valence-electron chi connectivity index (χ4n) is 2.48. The van der Waals surface area contributed by atoms with E-state index >= 15 is 0 Å². The molecule has 3 N–H and O–H groups in total. The van der Waals surface area contributed by atoms with Gasteiger partial charge in [0.05, 0.1) is 0 Å². The van der Waals surface area contributed by atoms with E-state index in [0.717, 1.165) is 6.42 Å². The third-order valence-corrected chi connectivity index (χ3v) is 3.89. The Morgan fingerprint density at radius 3 is 2.21 bits per heavy atom. The molecule has 0 spiro atoms. The summed E-state index contributed by atoms with van der Waals surface area (Å²) >= 11 is 0. The van der Waals surface area contributed by atoms with Crippen LogP contribution in [0.15, 0.2) is 30.3 Å². The maximum atomic E-state index is 12.2. The molecule has 6 nitrogen and oxygen atoms in total. The lowest BCUT2D eigenvalue weighted by atomic mass is 9.87. The molecular formula is C18H26N2O4. The van der Waals surface area contributed by atoms with Gasteiger partial charge in [0.2, 0.25) is 11.8 Å². The van der Waals surface area contributed by atoms with Crippen LogP contribution in [0.2, 0.25) is 0 Å². The standard InChI is InChI=1S/C18H26N2O4/c1-3-13-19-15(21)11-8-12-16(22)20-18(4-2,17(23)24)14-9-6-5-7-10-14/h5-7,9-10H,3-4,8,11-13H2,1-2H3,(H,19,21)(H,20,22)(H,23,24). The maximum Gasteiger partial charge on any atom is 0.334 e. The molecule has 24 heavy (non-hydrogen) atoms. The van der Waals surface area contributed by atoms with E-state index in [1.807, 2.05) is 6.92 Å². The summed E-state index contributed by atoms with van der Waals surface area (Å²) in [5, 5.41) is 15.0. The van der Waals surface area contributed by atoms with Crippen molar-refractivity contribution in [2.75, 3.05) is 6.54 Å². The van der Waals surface area contributed by atoms with Gasteiger partial charge < -0.3 is 15.7 Å². The second-order valence-corrected chi connectivity index (χ2v) is 5.68. The predicted molar refractivity (Wildman–Crippen MR) is 91.3 cm³/mol. The van der Waals surface area contributed by atoms with Crippen LogP contribution in [0.5, 0.6) is 0 Å². The number of nitrogens with one attached hydrogen (secondary N) is 2. The Balaban J connectivity index is 2.66. The lowest BCUT2D eigenvalue weighted by Gasteiger charge is -2.30. The second kappa shape index (κ2) is 9.70. The third kappa shape index (κ3) is 5.37. The van der Waals surface area contributed by atoms with Gasteiger partial charge in [0.25, 0.3) is 0 Å². The van der Waals surface area contributed by atoms with Crippen LogP contribution in [0.25, 0.3) is 0 Å². The lowest BCUT2D eigenvalue weighted by Crippen LogP contribution is -2.51. The van der Waals surface area contributed by atoms with E-state index < -0.39 is 11.5 Å². The number of rotatable bonds is 10. The zero-order valence-corrected chi connectivity index (χ0v) is 14.3. The van der Waals surface area contributed by atoms with E-state index in [2.05, 4.69) is 10.6 Å². The van der Waals surface area contributed by atoms with Gasteiger partial charge in [-0.05, 0) is 24.8 Å². The lowest BCUT2D eigenvalue weighted by molar-refractivity contribution is -0.148. The molecule has 0 heterocycles. The predicted octanol–water partition coefficient (Wildman–Crippen LogP) is 2.19. The van der Waals surface area contributed by atoms with Crippen molar-refractivity contribution in [1.29, 1.82) is 0 Å². The fourth-order valence-corrected chi connectivity index (χ4v) is 2.48. The van der Waals surface area contributed by atoms with Gasteiger partial charge in [0.15, 0.2) is 5.54 Å². The second-order valence-electron chi connectivity index (χ2n) is 5.68. The molecule has 1 aromatic carbocycles. The molecule has 0 aliphatic rings. The van der Waals surface area contributed by atoms with Gasteiger partial charge in [0, 0.05) is 19.4 Å². The van der Waals surface area contributed by atoms with Crippen molar-refractivity contribution in [3.8, 4) is 0 Å². The SMILES string of the molecule is CCCNC(=O)CCCC(=O)NC(CC)(C(=O)O)c1ccccc1. The number of benzene rings is 1. The number of carbonyl (C=O) groups excluding carboxylic acids is 2. The highest BCUT2D eigenvalue weighted by atomic mass is 16.4. The Bertz CT molecular complexity index is 559. The summed E-state index contributed by atoms with van der Waals surface area (Å²) in [5.74, 6) is -1.55. The quantitative estimate of drug-likeness (QED) is 0.611. The number of hydrogen-bond acceptors (Lipinski definition) is 3. The van der Waals surface area contributed by atoms with E-state index in [1.165, 1.54) is 0 Å². The topological polar surface area (TPSA) is 95.5 Å². The highest BCUT2D eigenvalue weighted by molar-refractivity contribution is 5.88. The van der Waals surface area contributed by atoms with Gasteiger partial charge in [-0.15, -0.1) is 0 Å².